The van der Waals surface area contributed by atoms with Gasteiger partial charge in [-0.1, -0.05) is 26.0 Å². The van der Waals surface area contributed by atoms with Gasteiger partial charge in [-0.15, -0.1) is 0 Å². The number of ether oxygens (including phenoxy) is 1. The Balaban J connectivity index is 2.84. The van der Waals surface area contributed by atoms with E-state index in [0.717, 1.165) is 0 Å². The summed E-state index contributed by atoms with van der Waals surface area (Å²) in [6.45, 7) is 3.36. The van der Waals surface area contributed by atoms with E-state index in [1.807, 2.05) is 0 Å². The van der Waals surface area contributed by atoms with Gasteiger partial charge in [-0.3, -0.25) is 0 Å². The number of amides is 2. The molecule has 0 aromatic heterocycles. The van der Waals surface area contributed by atoms with Crippen LogP contribution >= 0.6 is 0 Å². The highest BCUT2D eigenvalue weighted by atomic mass is 16.5. The van der Waals surface area contributed by atoms with Crippen LogP contribution in [0.3, 0.4) is 0 Å². The third-order valence-electron chi connectivity index (χ3n) is 2.80. The predicted molar refractivity (Wildman–Crippen MR) is 76.2 cm³/mol. The summed E-state index contributed by atoms with van der Waals surface area (Å²) in [7, 11) is 1.23. The van der Waals surface area contributed by atoms with Crippen LogP contribution in [-0.4, -0.2) is 36.2 Å². The van der Waals surface area contributed by atoms with Crippen LogP contribution in [0.15, 0.2) is 24.3 Å². The maximum Gasteiger partial charge on any atom is 0.339 e. The van der Waals surface area contributed by atoms with Gasteiger partial charge in [-0.2, -0.15) is 0 Å². The highest BCUT2D eigenvalue weighted by molar-refractivity contribution is 6.01. The van der Waals surface area contributed by atoms with Crippen LogP contribution in [0, 0.1) is 5.92 Å². The molecule has 2 amide bonds. The lowest BCUT2D eigenvalue weighted by molar-refractivity contribution is -0.140. The van der Waals surface area contributed by atoms with Crippen molar-refractivity contribution in [2.24, 2.45) is 5.92 Å². The number of aliphatic carboxylic acids is 1. The highest BCUT2D eigenvalue weighted by Crippen LogP contribution is 2.16. The minimum Gasteiger partial charge on any atom is -0.480 e. The zero-order valence-corrected chi connectivity index (χ0v) is 12.0. The van der Waals surface area contributed by atoms with Crippen LogP contribution in [0.25, 0.3) is 0 Å². The monoisotopic (exact) mass is 294 g/mol. The minimum absolute atomic E-state index is 0.187. The number of benzene rings is 1. The Morgan fingerprint density at radius 1 is 1.19 bits per heavy atom. The van der Waals surface area contributed by atoms with E-state index in [1.54, 1.807) is 26.0 Å². The molecule has 7 nitrogen and oxygen atoms in total. The summed E-state index contributed by atoms with van der Waals surface area (Å²) in [6, 6.07) is 4.57. The number of carbonyl (C=O) groups excluding carboxylic acids is 2. The Labute approximate surface area is 122 Å². The second kappa shape index (κ2) is 7.28. The van der Waals surface area contributed by atoms with E-state index < -0.39 is 24.0 Å². The van der Waals surface area contributed by atoms with Gasteiger partial charge in [-0.05, 0) is 18.1 Å². The Morgan fingerprint density at radius 2 is 1.81 bits per heavy atom. The summed E-state index contributed by atoms with van der Waals surface area (Å²) in [5.41, 5.74) is 0.432. The molecule has 0 radical (unpaired) electrons. The molecule has 0 saturated heterocycles. The third-order valence-corrected chi connectivity index (χ3v) is 2.80. The molecular formula is C14H18N2O5. The van der Waals surface area contributed by atoms with Crippen LogP contribution in [0.5, 0.6) is 0 Å². The zero-order chi connectivity index (χ0) is 16.0. The van der Waals surface area contributed by atoms with Gasteiger partial charge in [-0.25, -0.2) is 14.4 Å². The number of carbonyl (C=O) groups is 3. The van der Waals surface area contributed by atoms with Gasteiger partial charge in [0.1, 0.15) is 6.04 Å². The number of esters is 1. The first-order valence-corrected chi connectivity index (χ1v) is 6.34. The van der Waals surface area contributed by atoms with E-state index in [-0.39, 0.29) is 17.2 Å². The maximum absolute atomic E-state index is 11.9. The molecule has 0 heterocycles. The van der Waals surface area contributed by atoms with Gasteiger partial charge in [0, 0.05) is 0 Å². The van der Waals surface area contributed by atoms with Gasteiger partial charge < -0.3 is 20.5 Å². The lowest BCUT2D eigenvalue weighted by Gasteiger charge is -2.18. The fourth-order valence-electron chi connectivity index (χ4n) is 1.69. The molecule has 1 aromatic carbocycles. The minimum atomic E-state index is -1.12. The number of carboxylic acids is 1. The zero-order valence-electron chi connectivity index (χ0n) is 12.0. The number of para-hydroxylation sites is 1. The van der Waals surface area contributed by atoms with Crippen molar-refractivity contribution in [3.05, 3.63) is 29.8 Å². The molecule has 114 valence electrons. The van der Waals surface area contributed by atoms with Gasteiger partial charge >= 0.3 is 18.0 Å². The van der Waals surface area contributed by atoms with Crippen LogP contribution in [-0.2, 0) is 9.53 Å². The normalized spacial score (nSPS) is 11.6. The van der Waals surface area contributed by atoms with Crippen molar-refractivity contribution in [3.8, 4) is 0 Å². The number of hydrogen-bond acceptors (Lipinski definition) is 4. The van der Waals surface area contributed by atoms with Gasteiger partial charge in [0.25, 0.3) is 0 Å². The van der Waals surface area contributed by atoms with E-state index in [9.17, 15) is 14.4 Å². The number of carboxylic acid groups (broad SMARTS) is 1. The van der Waals surface area contributed by atoms with E-state index in [4.69, 9.17) is 5.11 Å². The average molecular weight is 294 g/mol. The van der Waals surface area contributed by atoms with Crippen molar-refractivity contribution in [3.63, 3.8) is 0 Å². The van der Waals surface area contributed by atoms with Crippen LogP contribution < -0.4 is 10.6 Å². The summed E-state index contributed by atoms with van der Waals surface area (Å²) in [5.74, 6) is -1.99. The lowest BCUT2D eigenvalue weighted by Crippen LogP contribution is -2.46. The topological polar surface area (TPSA) is 105 Å². The molecule has 0 aliphatic carbocycles. The quantitative estimate of drug-likeness (QED) is 0.717. The molecule has 3 N–H and O–H groups in total. The van der Waals surface area contributed by atoms with Crippen molar-refractivity contribution in [1.82, 2.24) is 5.32 Å². The van der Waals surface area contributed by atoms with Crippen molar-refractivity contribution in [2.75, 3.05) is 12.4 Å². The Bertz CT molecular complexity index is 542. The fraction of sp³-hybridized carbons (Fsp3) is 0.357. The number of anilines is 1. The Morgan fingerprint density at radius 3 is 2.33 bits per heavy atom. The summed E-state index contributed by atoms with van der Waals surface area (Å²) < 4.78 is 4.61. The smallest absolute Gasteiger partial charge is 0.339 e. The summed E-state index contributed by atoms with van der Waals surface area (Å²) >= 11 is 0. The highest BCUT2D eigenvalue weighted by Gasteiger charge is 2.24. The molecule has 0 spiro atoms. The predicted octanol–water partition coefficient (Wildman–Crippen LogP) is 1.70. The Hall–Kier alpha value is -2.57. The molecular weight excluding hydrogens is 276 g/mol. The molecule has 7 heteroatoms. The molecule has 0 fully saturated rings. The SMILES string of the molecule is COC(=O)c1ccccc1NC(=O)NC(C(=O)O)C(C)C. The Kier molecular flexibility index (Phi) is 5.71. The molecule has 1 atom stereocenters. The van der Waals surface area contributed by atoms with Crippen molar-refractivity contribution >= 4 is 23.7 Å². The van der Waals surface area contributed by atoms with Gasteiger partial charge in [0.15, 0.2) is 0 Å². The van der Waals surface area contributed by atoms with Crippen LogP contribution in [0.2, 0.25) is 0 Å². The van der Waals surface area contributed by atoms with Gasteiger partial charge in [0.2, 0.25) is 0 Å². The molecule has 21 heavy (non-hydrogen) atoms. The van der Waals surface area contributed by atoms with E-state index in [0.29, 0.717) is 0 Å². The first kappa shape index (κ1) is 16.5. The largest absolute Gasteiger partial charge is 0.480 e. The maximum atomic E-state index is 11.9. The average Bonchev–Trinajstić information content (AvgIpc) is 2.43. The number of nitrogens with one attached hydrogen (secondary N) is 2. The molecule has 1 unspecified atom stereocenters. The molecule has 0 aliphatic heterocycles. The first-order valence-electron chi connectivity index (χ1n) is 6.34. The molecule has 0 aliphatic rings. The van der Waals surface area contributed by atoms with E-state index in [2.05, 4.69) is 15.4 Å². The fourth-order valence-corrected chi connectivity index (χ4v) is 1.69. The van der Waals surface area contributed by atoms with Crippen molar-refractivity contribution in [1.29, 1.82) is 0 Å². The number of urea groups is 1. The molecule has 0 bridgehead atoms. The van der Waals surface area contributed by atoms with Crippen LogP contribution in [0.1, 0.15) is 24.2 Å². The summed E-state index contributed by atoms with van der Waals surface area (Å²) in [6.07, 6.45) is 0. The number of rotatable bonds is 5. The molecule has 1 rings (SSSR count). The molecule has 1 aromatic rings. The van der Waals surface area contributed by atoms with Crippen molar-refractivity contribution < 1.29 is 24.2 Å². The second-order valence-electron chi connectivity index (χ2n) is 4.70. The summed E-state index contributed by atoms with van der Waals surface area (Å²) in [5, 5.41) is 13.8. The third kappa shape index (κ3) is 4.48. The second-order valence-corrected chi connectivity index (χ2v) is 4.70. The first-order chi connectivity index (χ1) is 9.86. The van der Waals surface area contributed by atoms with Crippen molar-refractivity contribution in [2.45, 2.75) is 19.9 Å². The van der Waals surface area contributed by atoms with E-state index >= 15 is 0 Å². The molecule has 0 saturated carbocycles. The van der Waals surface area contributed by atoms with Crippen LogP contribution in [0.4, 0.5) is 10.5 Å². The number of hydrogen-bond donors (Lipinski definition) is 3. The summed E-state index contributed by atoms with van der Waals surface area (Å²) in [4.78, 5) is 34.5. The van der Waals surface area contributed by atoms with Gasteiger partial charge in [0.05, 0.1) is 18.4 Å². The lowest BCUT2D eigenvalue weighted by atomic mass is 10.1. The van der Waals surface area contributed by atoms with E-state index in [1.165, 1.54) is 19.2 Å². The number of methoxy groups -OCH3 is 1. The standard InChI is InChI=1S/C14H18N2O5/c1-8(2)11(12(17)18)16-14(20)15-10-7-5-4-6-9(10)13(19)21-3/h4-8,11H,1-3H3,(H,17,18)(H2,15,16,20).